The summed E-state index contributed by atoms with van der Waals surface area (Å²) in [6, 6.07) is 5.92. The summed E-state index contributed by atoms with van der Waals surface area (Å²) in [6.07, 6.45) is 2.78. The Morgan fingerprint density at radius 1 is 1.26 bits per heavy atom. The van der Waals surface area contributed by atoms with Gasteiger partial charge in [0.05, 0.1) is 25.6 Å². The smallest absolute Gasteiger partial charge is 0.120 e. The fourth-order valence-corrected chi connectivity index (χ4v) is 3.73. The first kappa shape index (κ1) is 12.8. The molecule has 1 aliphatic heterocycles. The van der Waals surface area contributed by atoms with Gasteiger partial charge in [-0.2, -0.15) is 0 Å². The number of hydrogen-bond acceptors (Lipinski definition) is 4. The minimum atomic E-state index is 0.775. The number of thioether (sulfide) groups is 1. The van der Waals surface area contributed by atoms with Gasteiger partial charge in [-0.25, -0.2) is 4.99 Å². The summed E-state index contributed by atoms with van der Waals surface area (Å²) in [4.78, 5) is 6.96. The van der Waals surface area contributed by atoms with Gasteiger partial charge >= 0.3 is 0 Å². The SMILES string of the molecule is COC1=CC2=Nc3ccc(OC)cc3SC2=C(Br)C1. The average Bonchev–Trinajstić information content (AvgIpc) is 2.44. The van der Waals surface area contributed by atoms with Gasteiger partial charge in [-0.3, -0.25) is 0 Å². The molecule has 1 aliphatic carbocycles. The molecule has 1 heterocycles. The van der Waals surface area contributed by atoms with E-state index in [9.17, 15) is 0 Å². The standard InChI is InChI=1S/C14H12BrNO2S/c1-17-8-3-4-11-13(7-8)19-14-10(15)5-9(18-2)6-12(14)16-11/h3-4,6-7H,5H2,1-2H3. The largest absolute Gasteiger partial charge is 0.501 e. The highest BCUT2D eigenvalue weighted by Gasteiger charge is 2.24. The van der Waals surface area contributed by atoms with E-state index in [1.165, 1.54) is 0 Å². The van der Waals surface area contributed by atoms with Crippen molar-refractivity contribution in [2.24, 2.45) is 4.99 Å². The number of ether oxygens (including phenoxy) is 2. The van der Waals surface area contributed by atoms with Crippen molar-refractivity contribution < 1.29 is 9.47 Å². The average molecular weight is 338 g/mol. The predicted octanol–water partition coefficient (Wildman–Crippen LogP) is 4.41. The molecular weight excluding hydrogens is 326 g/mol. The number of hydrogen-bond donors (Lipinski definition) is 0. The summed E-state index contributed by atoms with van der Waals surface area (Å²) >= 11 is 5.34. The molecule has 0 fully saturated rings. The van der Waals surface area contributed by atoms with E-state index in [1.807, 2.05) is 24.3 Å². The molecule has 0 atom stereocenters. The number of methoxy groups -OCH3 is 2. The van der Waals surface area contributed by atoms with Crippen molar-refractivity contribution >= 4 is 39.1 Å². The molecule has 98 valence electrons. The molecule has 0 bridgehead atoms. The first-order chi connectivity index (χ1) is 9.21. The van der Waals surface area contributed by atoms with Crippen LogP contribution in [-0.4, -0.2) is 19.9 Å². The molecule has 0 radical (unpaired) electrons. The van der Waals surface area contributed by atoms with Gasteiger partial charge < -0.3 is 9.47 Å². The number of rotatable bonds is 2. The van der Waals surface area contributed by atoms with E-state index in [0.29, 0.717) is 0 Å². The number of halogens is 1. The Morgan fingerprint density at radius 3 is 2.84 bits per heavy atom. The minimum Gasteiger partial charge on any atom is -0.501 e. The summed E-state index contributed by atoms with van der Waals surface area (Å²) < 4.78 is 11.7. The molecule has 0 aromatic heterocycles. The molecule has 1 aromatic carbocycles. The third-order valence-electron chi connectivity index (χ3n) is 2.99. The minimum absolute atomic E-state index is 0.775. The molecule has 1 aromatic rings. The fourth-order valence-electron chi connectivity index (χ4n) is 2.00. The van der Waals surface area contributed by atoms with E-state index in [-0.39, 0.29) is 0 Å². The van der Waals surface area contributed by atoms with Crippen LogP contribution in [0.2, 0.25) is 0 Å². The van der Waals surface area contributed by atoms with Crippen molar-refractivity contribution in [1.29, 1.82) is 0 Å². The van der Waals surface area contributed by atoms with E-state index < -0.39 is 0 Å². The molecule has 19 heavy (non-hydrogen) atoms. The molecule has 0 saturated heterocycles. The molecule has 2 aliphatic rings. The lowest BCUT2D eigenvalue weighted by molar-refractivity contribution is 0.284. The first-order valence-electron chi connectivity index (χ1n) is 5.79. The second kappa shape index (κ2) is 5.06. The van der Waals surface area contributed by atoms with E-state index in [0.717, 1.165) is 43.6 Å². The van der Waals surface area contributed by atoms with E-state index in [2.05, 4.69) is 20.9 Å². The number of allylic oxidation sites excluding steroid dienone is 3. The van der Waals surface area contributed by atoms with Gasteiger partial charge in [0.15, 0.2) is 0 Å². The Morgan fingerprint density at radius 2 is 2.11 bits per heavy atom. The Hall–Kier alpha value is -1.20. The topological polar surface area (TPSA) is 30.8 Å². The zero-order valence-corrected chi connectivity index (χ0v) is 13.0. The fraction of sp³-hybridized carbons (Fsp3) is 0.214. The normalized spacial score (nSPS) is 17.2. The van der Waals surface area contributed by atoms with Gasteiger partial charge in [-0.1, -0.05) is 27.7 Å². The van der Waals surface area contributed by atoms with Crippen LogP contribution < -0.4 is 4.74 Å². The van der Waals surface area contributed by atoms with Crippen molar-refractivity contribution in [3.05, 3.63) is 39.4 Å². The zero-order valence-electron chi connectivity index (χ0n) is 10.6. The maximum absolute atomic E-state index is 5.32. The molecule has 0 spiro atoms. The second-order valence-corrected chi connectivity index (χ2v) is 6.17. The van der Waals surface area contributed by atoms with Crippen LogP contribution in [0.1, 0.15) is 6.42 Å². The van der Waals surface area contributed by atoms with Crippen LogP contribution in [0, 0.1) is 0 Å². The molecule has 0 unspecified atom stereocenters. The lowest BCUT2D eigenvalue weighted by atomic mass is 10.1. The van der Waals surface area contributed by atoms with Gasteiger partial charge in [-0.05, 0) is 18.2 Å². The van der Waals surface area contributed by atoms with Gasteiger partial charge in [0.1, 0.15) is 11.5 Å². The molecule has 3 rings (SSSR count). The highest BCUT2D eigenvalue weighted by Crippen LogP contribution is 2.46. The quantitative estimate of drug-likeness (QED) is 0.800. The van der Waals surface area contributed by atoms with Crippen LogP contribution in [-0.2, 0) is 4.74 Å². The van der Waals surface area contributed by atoms with Crippen molar-refractivity contribution in [3.63, 3.8) is 0 Å². The molecule has 0 amide bonds. The van der Waals surface area contributed by atoms with Crippen molar-refractivity contribution in [2.45, 2.75) is 11.3 Å². The van der Waals surface area contributed by atoms with Crippen LogP contribution >= 0.6 is 27.7 Å². The van der Waals surface area contributed by atoms with Crippen LogP contribution in [0.3, 0.4) is 0 Å². The zero-order chi connectivity index (χ0) is 13.4. The van der Waals surface area contributed by atoms with Gasteiger partial charge in [0, 0.05) is 26.8 Å². The third kappa shape index (κ3) is 2.32. The van der Waals surface area contributed by atoms with Crippen molar-refractivity contribution in [2.75, 3.05) is 14.2 Å². The summed E-state index contributed by atoms with van der Waals surface area (Å²) in [5, 5.41) is 0. The van der Waals surface area contributed by atoms with Gasteiger partial charge in [-0.15, -0.1) is 0 Å². The summed E-state index contributed by atoms with van der Waals surface area (Å²) in [7, 11) is 3.36. The number of nitrogens with zero attached hydrogens (tertiary/aromatic N) is 1. The van der Waals surface area contributed by atoms with Crippen molar-refractivity contribution in [1.82, 2.24) is 0 Å². The highest BCUT2D eigenvalue weighted by molar-refractivity contribution is 9.11. The molecule has 3 nitrogen and oxygen atoms in total. The van der Waals surface area contributed by atoms with Gasteiger partial charge in [0.25, 0.3) is 0 Å². The van der Waals surface area contributed by atoms with Crippen LogP contribution in [0.5, 0.6) is 5.75 Å². The lowest BCUT2D eigenvalue weighted by Gasteiger charge is -2.22. The summed E-state index contributed by atoms with van der Waals surface area (Å²) in [6.45, 7) is 0. The predicted molar refractivity (Wildman–Crippen MR) is 81.6 cm³/mol. The van der Waals surface area contributed by atoms with Crippen LogP contribution in [0.15, 0.2) is 49.3 Å². The lowest BCUT2D eigenvalue weighted by Crippen LogP contribution is -2.09. The number of aliphatic imine (C=N–C) groups is 1. The van der Waals surface area contributed by atoms with Crippen LogP contribution in [0.25, 0.3) is 0 Å². The Labute approximate surface area is 124 Å². The highest BCUT2D eigenvalue weighted by atomic mass is 79.9. The first-order valence-corrected chi connectivity index (χ1v) is 7.40. The van der Waals surface area contributed by atoms with Gasteiger partial charge in [0.2, 0.25) is 0 Å². The molecule has 0 saturated carbocycles. The monoisotopic (exact) mass is 337 g/mol. The van der Waals surface area contributed by atoms with Crippen molar-refractivity contribution in [3.8, 4) is 5.75 Å². The maximum atomic E-state index is 5.32. The summed E-state index contributed by atoms with van der Waals surface area (Å²) in [5.41, 5.74) is 1.93. The van der Waals surface area contributed by atoms with E-state index in [4.69, 9.17) is 9.47 Å². The Balaban J connectivity index is 2.09. The maximum Gasteiger partial charge on any atom is 0.120 e. The van der Waals surface area contributed by atoms with E-state index >= 15 is 0 Å². The number of fused-ring (bicyclic) bond motifs is 2. The van der Waals surface area contributed by atoms with Crippen LogP contribution in [0.4, 0.5) is 5.69 Å². The van der Waals surface area contributed by atoms with E-state index in [1.54, 1.807) is 26.0 Å². The Kier molecular flexibility index (Phi) is 3.41. The Bertz CT molecular complexity index is 634. The molecule has 0 N–H and O–H groups in total. The third-order valence-corrected chi connectivity index (χ3v) is 5.13. The molecule has 5 heteroatoms. The number of benzene rings is 1. The second-order valence-electron chi connectivity index (χ2n) is 4.16. The molecular formula is C14H12BrNO2S. The summed E-state index contributed by atoms with van der Waals surface area (Å²) in [5.74, 6) is 1.78.